The van der Waals surface area contributed by atoms with Crippen molar-refractivity contribution in [3.05, 3.63) is 41.7 Å². The first-order chi connectivity index (χ1) is 8.26. The van der Waals surface area contributed by atoms with Crippen molar-refractivity contribution in [3.63, 3.8) is 0 Å². The number of hydrogen-bond acceptors (Lipinski definition) is 2. The highest BCUT2D eigenvalue weighted by Crippen LogP contribution is 2.29. The lowest BCUT2D eigenvalue weighted by atomic mass is 10.0. The molecular formula is C14H17NO2. The molecule has 3 nitrogen and oxygen atoms in total. The molecule has 0 aliphatic heterocycles. The van der Waals surface area contributed by atoms with Gasteiger partial charge in [0.05, 0.1) is 13.7 Å². The molecule has 0 bridgehead atoms. The normalized spacial score (nSPS) is 10.5. The second kappa shape index (κ2) is 5.06. The number of ether oxygens (including phenoxy) is 2. The minimum absolute atomic E-state index is 0.592. The van der Waals surface area contributed by atoms with Crippen LogP contribution in [0.15, 0.2) is 30.5 Å². The van der Waals surface area contributed by atoms with Crippen LogP contribution in [-0.4, -0.2) is 19.2 Å². The molecule has 0 aliphatic rings. The third kappa shape index (κ3) is 2.34. The number of methoxy groups -OCH3 is 2. The number of aryl methyl sites for hydroxylation is 1. The molecular weight excluding hydrogens is 214 g/mol. The van der Waals surface area contributed by atoms with E-state index in [1.54, 1.807) is 14.2 Å². The maximum Gasteiger partial charge on any atom is 0.118 e. The molecule has 1 aromatic heterocycles. The van der Waals surface area contributed by atoms with Crippen molar-refractivity contribution in [1.29, 1.82) is 0 Å². The molecule has 0 saturated carbocycles. The summed E-state index contributed by atoms with van der Waals surface area (Å²) in [5.74, 6) is 0.871. The summed E-state index contributed by atoms with van der Waals surface area (Å²) in [6.07, 6.45) is 2.01. The summed E-state index contributed by atoms with van der Waals surface area (Å²) in [7, 11) is 3.38. The Morgan fingerprint density at radius 2 is 1.82 bits per heavy atom. The molecule has 0 amide bonds. The number of benzene rings is 1. The molecule has 1 heterocycles. The second-order valence-electron chi connectivity index (χ2n) is 3.99. The van der Waals surface area contributed by atoms with Crippen molar-refractivity contribution >= 4 is 0 Å². The van der Waals surface area contributed by atoms with Gasteiger partial charge in [0.1, 0.15) is 5.75 Å². The lowest BCUT2D eigenvalue weighted by Crippen LogP contribution is -1.91. The Balaban J connectivity index is 2.40. The zero-order chi connectivity index (χ0) is 12.3. The number of aromatic nitrogens is 1. The van der Waals surface area contributed by atoms with Gasteiger partial charge >= 0.3 is 0 Å². The van der Waals surface area contributed by atoms with Gasteiger partial charge in [0.15, 0.2) is 0 Å². The highest BCUT2D eigenvalue weighted by atomic mass is 16.5. The fraction of sp³-hybridized carbons (Fsp3) is 0.286. The van der Waals surface area contributed by atoms with E-state index in [0.717, 1.165) is 11.4 Å². The first-order valence-electron chi connectivity index (χ1n) is 5.56. The van der Waals surface area contributed by atoms with Crippen molar-refractivity contribution in [2.45, 2.75) is 13.5 Å². The standard InChI is InChI=1S/C14H17NO2/c1-10-8-15-13(9-16-2)14(10)11-4-6-12(17-3)7-5-11/h4-8,15H,9H2,1-3H3. The molecule has 1 N–H and O–H groups in total. The van der Waals surface area contributed by atoms with Gasteiger partial charge in [-0.25, -0.2) is 0 Å². The van der Waals surface area contributed by atoms with Gasteiger partial charge in [-0.1, -0.05) is 12.1 Å². The average Bonchev–Trinajstić information content (AvgIpc) is 2.71. The van der Waals surface area contributed by atoms with E-state index in [4.69, 9.17) is 9.47 Å². The van der Waals surface area contributed by atoms with Crippen LogP contribution in [0, 0.1) is 6.92 Å². The molecule has 2 aromatic rings. The van der Waals surface area contributed by atoms with Crippen LogP contribution in [0.3, 0.4) is 0 Å². The van der Waals surface area contributed by atoms with Gasteiger partial charge in [0, 0.05) is 24.6 Å². The van der Waals surface area contributed by atoms with Crippen LogP contribution in [0.1, 0.15) is 11.3 Å². The Morgan fingerprint density at radius 3 is 2.41 bits per heavy atom. The lowest BCUT2D eigenvalue weighted by molar-refractivity contribution is 0.182. The molecule has 0 unspecified atom stereocenters. The van der Waals surface area contributed by atoms with Crippen LogP contribution >= 0.6 is 0 Å². The second-order valence-corrected chi connectivity index (χ2v) is 3.99. The van der Waals surface area contributed by atoms with Crippen LogP contribution in [0.25, 0.3) is 11.1 Å². The summed E-state index contributed by atoms with van der Waals surface area (Å²) in [6.45, 7) is 2.68. The van der Waals surface area contributed by atoms with Crippen LogP contribution in [0.5, 0.6) is 5.75 Å². The Labute approximate surface area is 101 Å². The zero-order valence-electron chi connectivity index (χ0n) is 10.4. The number of rotatable bonds is 4. The van der Waals surface area contributed by atoms with E-state index in [0.29, 0.717) is 6.61 Å². The van der Waals surface area contributed by atoms with Gasteiger partial charge in [-0.05, 0) is 30.2 Å². The van der Waals surface area contributed by atoms with E-state index < -0.39 is 0 Å². The third-order valence-electron chi connectivity index (χ3n) is 2.83. The van der Waals surface area contributed by atoms with E-state index in [1.165, 1.54) is 16.7 Å². The van der Waals surface area contributed by atoms with E-state index in [1.807, 2.05) is 18.3 Å². The van der Waals surface area contributed by atoms with Crippen molar-refractivity contribution in [3.8, 4) is 16.9 Å². The molecule has 0 saturated heterocycles. The van der Waals surface area contributed by atoms with Crippen LogP contribution < -0.4 is 4.74 Å². The molecule has 0 radical (unpaired) electrons. The first kappa shape index (κ1) is 11.7. The van der Waals surface area contributed by atoms with Gasteiger partial charge in [-0.2, -0.15) is 0 Å². The molecule has 3 heteroatoms. The van der Waals surface area contributed by atoms with E-state index in [2.05, 4.69) is 24.0 Å². The van der Waals surface area contributed by atoms with Crippen LogP contribution in [0.4, 0.5) is 0 Å². The summed E-state index contributed by atoms with van der Waals surface area (Å²) in [6, 6.07) is 8.07. The van der Waals surface area contributed by atoms with Crippen LogP contribution in [-0.2, 0) is 11.3 Å². The van der Waals surface area contributed by atoms with Crippen molar-refractivity contribution < 1.29 is 9.47 Å². The Bertz CT molecular complexity index is 485. The summed E-state index contributed by atoms with van der Waals surface area (Å²) >= 11 is 0. The maximum absolute atomic E-state index is 5.19. The SMILES string of the molecule is COCc1[nH]cc(C)c1-c1ccc(OC)cc1. The molecule has 0 atom stereocenters. The zero-order valence-corrected chi connectivity index (χ0v) is 10.4. The van der Waals surface area contributed by atoms with Crippen molar-refractivity contribution in [1.82, 2.24) is 4.98 Å². The maximum atomic E-state index is 5.19. The number of hydrogen-bond donors (Lipinski definition) is 1. The summed E-state index contributed by atoms with van der Waals surface area (Å²) < 4.78 is 10.4. The van der Waals surface area contributed by atoms with Gasteiger partial charge < -0.3 is 14.5 Å². The molecule has 17 heavy (non-hydrogen) atoms. The summed E-state index contributed by atoms with van der Waals surface area (Å²) in [5, 5.41) is 0. The van der Waals surface area contributed by atoms with Gasteiger partial charge in [-0.15, -0.1) is 0 Å². The minimum atomic E-state index is 0.592. The first-order valence-corrected chi connectivity index (χ1v) is 5.56. The largest absolute Gasteiger partial charge is 0.497 e. The van der Waals surface area contributed by atoms with Crippen molar-refractivity contribution in [2.24, 2.45) is 0 Å². The average molecular weight is 231 g/mol. The molecule has 0 spiro atoms. The summed E-state index contributed by atoms with van der Waals surface area (Å²) in [4.78, 5) is 3.25. The Hall–Kier alpha value is -1.74. The number of aromatic amines is 1. The topological polar surface area (TPSA) is 34.2 Å². The van der Waals surface area contributed by atoms with E-state index in [9.17, 15) is 0 Å². The molecule has 1 aromatic carbocycles. The Morgan fingerprint density at radius 1 is 1.12 bits per heavy atom. The number of nitrogens with one attached hydrogen (secondary N) is 1. The predicted molar refractivity (Wildman–Crippen MR) is 68.2 cm³/mol. The summed E-state index contributed by atoms with van der Waals surface area (Å²) in [5.41, 5.74) is 4.73. The molecule has 2 rings (SSSR count). The monoisotopic (exact) mass is 231 g/mol. The molecule has 0 aliphatic carbocycles. The Kier molecular flexibility index (Phi) is 3.49. The van der Waals surface area contributed by atoms with Gasteiger partial charge in [-0.3, -0.25) is 0 Å². The quantitative estimate of drug-likeness (QED) is 0.877. The van der Waals surface area contributed by atoms with E-state index in [-0.39, 0.29) is 0 Å². The highest BCUT2D eigenvalue weighted by molar-refractivity contribution is 5.70. The van der Waals surface area contributed by atoms with Gasteiger partial charge in [0.2, 0.25) is 0 Å². The smallest absolute Gasteiger partial charge is 0.118 e. The lowest BCUT2D eigenvalue weighted by Gasteiger charge is -2.06. The fourth-order valence-corrected chi connectivity index (χ4v) is 2.00. The fourth-order valence-electron chi connectivity index (χ4n) is 2.00. The van der Waals surface area contributed by atoms with Crippen molar-refractivity contribution in [2.75, 3.05) is 14.2 Å². The van der Waals surface area contributed by atoms with Crippen LogP contribution in [0.2, 0.25) is 0 Å². The number of H-pyrrole nitrogens is 1. The molecule has 0 fully saturated rings. The predicted octanol–water partition coefficient (Wildman–Crippen LogP) is 3.15. The van der Waals surface area contributed by atoms with Gasteiger partial charge in [0.25, 0.3) is 0 Å². The highest BCUT2D eigenvalue weighted by Gasteiger charge is 2.10. The minimum Gasteiger partial charge on any atom is -0.497 e. The molecule has 90 valence electrons. The third-order valence-corrected chi connectivity index (χ3v) is 2.83. The van der Waals surface area contributed by atoms with E-state index >= 15 is 0 Å².